The third-order valence-corrected chi connectivity index (χ3v) is 3.25. The molecule has 3 N–H and O–H groups in total. The molecule has 0 fully saturated rings. The number of nitrogens with two attached hydrogens (primary N) is 1. The average Bonchev–Trinajstić information content (AvgIpc) is 2.31. The minimum atomic E-state index is -0.328. The van der Waals surface area contributed by atoms with E-state index in [1.807, 2.05) is 12.1 Å². The normalized spacial score (nSPS) is 12.5. The number of carbonyl (C=O) groups excluding carboxylic acids is 1. The molecule has 0 saturated carbocycles. The number of primary amides is 1. The SMILES string of the molecule is CCC(CC)C(Nc1ccc(Cl)cc1)C(N)=O. The number of hydrogen-bond acceptors (Lipinski definition) is 2. The fourth-order valence-corrected chi connectivity index (χ4v) is 2.03. The molecule has 0 aliphatic carbocycles. The molecule has 17 heavy (non-hydrogen) atoms. The van der Waals surface area contributed by atoms with Crippen LogP contribution in [-0.2, 0) is 4.79 Å². The van der Waals surface area contributed by atoms with Crippen LogP contribution in [-0.4, -0.2) is 11.9 Å². The number of carbonyl (C=O) groups is 1. The summed E-state index contributed by atoms with van der Waals surface area (Å²) >= 11 is 5.81. The van der Waals surface area contributed by atoms with Gasteiger partial charge in [-0.15, -0.1) is 0 Å². The van der Waals surface area contributed by atoms with Gasteiger partial charge in [-0.3, -0.25) is 4.79 Å². The van der Waals surface area contributed by atoms with E-state index in [4.69, 9.17) is 17.3 Å². The van der Waals surface area contributed by atoms with Crippen molar-refractivity contribution in [2.45, 2.75) is 32.7 Å². The quantitative estimate of drug-likeness (QED) is 0.820. The molecule has 1 amide bonds. The highest BCUT2D eigenvalue weighted by atomic mass is 35.5. The van der Waals surface area contributed by atoms with Gasteiger partial charge in [0.05, 0.1) is 0 Å². The van der Waals surface area contributed by atoms with E-state index >= 15 is 0 Å². The molecule has 0 radical (unpaired) electrons. The highest BCUT2D eigenvalue weighted by Gasteiger charge is 2.23. The number of nitrogens with one attached hydrogen (secondary N) is 1. The van der Waals surface area contributed by atoms with Gasteiger partial charge in [-0.25, -0.2) is 0 Å². The van der Waals surface area contributed by atoms with Crippen molar-refractivity contribution in [3.05, 3.63) is 29.3 Å². The molecular formula is C13H19ClN2O. The molecule has 1 aromatic rings. The summed E-state index contributed by atoms with van der Waals surface area (Å²) < 4.78 is 0. The largest absolute Gasteiger partial charge is 0.373 e. The maximum absolute atomic E-state index is 11.5. The smallest absolute Gasteiger partial charge is 0.240 e. The van der Waals surface area contributed by atoms with Crippen LogP contribution in [0.5, 0.6) is 0 Å². The van der Waals surface area contributed by atoms with Crippen molar-refractivity contribution >= 4 is 23.2 Å². The average molecular weight is 255 g/mol. The Bertz CT molecular complexity index is 360. The van der Waals surface area contributed by atoms with Crippen LogP contribution in [0.15, 0.2) is 24.3 Å². The van der Waals surface area contributed by atoms with Crippen molar-refractivity contribution in [2.75, 3.05) is 5.32 Å². The van der Waals surface area contributed by atoms with Gasteiger partial charge in [0.2, 0.25) is 5.91 Å². The molecule has 4 heteroatoms. The number of rotatable bonds is 6. The lowest BCUT2D eigenvalue weighted by Gasteiger charge is -2.24. The van der Waals surface area contributed by atoms with Crippen LogP contribution >= 0.6 is 11.6 Å². The molecule has 1 unspecified atom stereocenters. The lowest BCUT2D eigenvalue weighted by atomic mass is 9.93. The maximum atomic E-state index is 11.5. The minimum absolute atomic E-state index is 0.253. The molecular weight excluding hydrogens is 236 g/mol. The van der Waals surface area contributed by atoms with Crippen molar-refractivity contribution in [3.8, 4) is 0 Å². The molecule has 1 rings (SSSR count). The second-order valence-corrected chi connectivity index (χ2v) is 4.54. The summed E-state index contributed by atoms with van der Waals surface area (Å²) in [6.45, 7) is 4.13. The third-order valence-electron chi connectivity index (χ3n) is 2.99. The number of anilines is 1. The summed E-state index contributed by atoms with van der Waals surface area (Å²) in [7, 11) is 0. The predicted octanol–water partition coefficient (Wildman–Crippen LogP) is 3.04. The summed E-state index contributed by atoms with van der Waals surface area (Å²) in [5.74, 6) is -0.0585. The Morgan fingerprint density at radius 1 is 1.29 bits per heavy atom. The van der Waals surface area contributed by atoms with Gasteiger partial charge < -0.3 is 11.1 Å². The van der Waals surface area contributed by atoms with Crippen molar-refractivity contribution in [2.24, 2.45) is 11.7 Å². The first kappa shape index (κ1) is 13.8. The molecule has 0 aromatic heterocycles. The van der Waals surface area contributed by atoms with Crippen LogP contribution in [0.4, 0.5) is 5.69 Å². The Hall–Kier alpha value is -1.22. The lowest BCUT2D eigenvalue weighted by molar-refractivity contribution is -0.119. The second-order valence-electron chi connectivity index (χ2n) is 4.11. The van der Waals surface area contributed by atoms with Gasteiger partial charge in [-0.1, -0.05) is 38.3 Å². The summed E-state index contributed by atoms with van der Waals surface area (Å²) in [5, 5.41) is 3.85. The van der Waals surface area contributed by atoms with Gasteiger partial charge in [0, 0.05) is 10.7 Å². The van der Waals surface area contributed by atoms with Crippen LogP contribution in [0.2, 0.25) is 5.02 Å². The predicted molar refractivity (Wildman–Crippen MR) is 72.1 cm³/mol. The first-order chi connectivity index (χ1) is 8.08. The van der Waals surface area contributed by atoms with Gasteiger partial charge in [-0.05, 0) is 30.2 Å². The van der Waals surface area contributed by atoms with Crippen LogP contribution in [0.3, 0.4) is 0 Å². The fraction of sp³-hybridized carbons (Fsp3) is 0.462. The Morgan fingerprint density at radius 2 is 1.82 bits per heavy atom. The summed E-state index contributed by atoms with van der Waals surface area (Å²) in [4.78, 5) is 11.5. The van der Waals surface area contributed by atoms with Crippen molar-refractivity contribution in [1.29, 1.82) is 0 Å². The topological polar surface area (TPSA) is 55.1 Å². The zero-order chi connectivity index (χ0) is 12.8. The molecule has 0 spiro atoms. The zero-order valence-corrected chi connectivity index (χ0v) is 11.0. The highest BCUT2D eigenvalue weighted by molar-refractivity contribution is 6.30. The number of hydrogen-bond donors (Lipinski definition) is 2. The van der Waals surface area contributed by atoms with Crippen LogP contribution in [0.25, 0.3) is 0 Å². The molecule has 0 bridgehead atoms. The standard InChI is InChI=1S/C13H19ClN2O/c1-3-9(4-2)12(13(15)17)16-11-7-5-10(14)6-8-11/h5-9,12,16H,3-4H2,1-2H3,(H2,15,17). The summed E-state index contributed by atoms with van der Waals surface area (Å²) in [6, 6.07) is 6.94. The zero-order valence-electron chi connectivity index (χ0n) is 10.2. The fourth-order valence-electron chi connectivity index (χ4n) is 1.91. The van der Waals surface area contributed by atoms with E-state index in [2.05, 4.69) is 19.2 Å². The molecule has 1 atom stereocenters. The monoisotopic (exact) mass is 254 g/mol. The second kappa shape index (κ2) is 6.50. The molecule has 3 nitrogen and oxygen atoms in total. The first-order valence-electron chi connectivity index (χ1n) is 5.89. The van der Waals surface area contributed by atoms with Crippen molar-refractivity contribution in [3.63, 3.8) is 0 Å². The van der Waals surface area contributed by atoms with E-state index < -0.39 is 0 Å². The van der Waals surface area contributed by atoms with E-state index in [-0.39, 0.29) is 17.9 Å². The number of benzene rings is 1. The van der Waals surface area contributed by atoms with Gasteiger partial charge in [-0.2, -0.15) is 0 Å². The van der Waals surface area contributed by atoms with E-state index in [1.54, 1.807) is 12.1 Å². The lowest BCUT2D eigenvalue weighted by Crippen LogP contribution is -2.41. The third kappa shape index (κ3) is 3.93. The molecule has 0 aliphatic heterocycles. The molecule has 1 aromatic carbocycles. The Morgan fingerprint density at radius 3 is 2.24 bits per heavy atom. The number of amides is 1. The first-order valence-corrected chi connectivity index (χ1v) is 6.27. The van der Waals surface area contributed by atoms with E-state index in [0.29, 0.717) is 5.02 Å². The minimum Gasteiger partial charge on any atom is -0.373 e. The molecule has 0 heterocycles. The summed E-state index contributed by atoms with van der Waals surface area (Å²) in [6.07, 6.45) is 1.84. The Labute approximate surface area is 107 Å². The van der Waals surface area contributed by atoms with Gasteiger partial charge >= 0.3 is 0 Å². The van der Waals surface area contributed by atoms with Crippen molar-refractivity contribution < 1.29 is 4.79 Å². The molecule has 0 aliphatic rings. The van der Waals surface area contributed by atoms with Crippen LogP contribution < -0.4 is 11.1 Å². The summed E-state index contributed by atoms with van der Waals surface area (Å²) in [5.41, 5.74) is 6.30. The van der Waals surface area contributed by atoms with Gasteiger partial charge in [0.25, 0.3) is 0 Å². The Kier molecular flexibility index (Phi) is 5.29. The highest BCUT2D eigenvalue weighted by Crippen LogP contribution is 2.19. The Balaban J connectivity index is 2.79. The van der Waals surface area contributed by atoms with E-state index in [0.717, 1.165) is 18.5 Å². The van der Waals surface area contributed by atoms with Gasteiger partial charge in [0.15, 0.2) is 0 Å². The van der Waals surface area contributed by atoms with E-state index in [9.17, 15) is 4.79 Å². The van der Waals surface area contributed by atoms with Crippen molar-refractivity contribution in [1.82, 2.24) is 0 Å². The number of halogens is 1. The van der Waals surface area contributed by atoms with Crippen LogP contribution in [0, 0.1) is 5.92 Å². The van der Waals surface area contributed by atoms with E-state index in [1.165, 1.54) is 0 Å². The maximum Gasteiger partial charge on any atom is 0.240 e. The molecule has 0 saturated heterocycles. The van der Waals surface area contributed by atoms with Crippen LogP contribution in [0.1, 0.15) is 26.7 Å². The van der Waals surface area contributed by atoms with Gasteiger partial charge in [0.1, 0.15) is 6.04 Å². The molecule has 94 valence electrons.